The summed E-state index contributed by atoms with van der Waals surface area (Å²) < 4.78 is 6.11. The predicted molar refractivity (Wildman–Crippen MR) is 146 cm³/mol. The van der Waals surface area contributed by atoms with Crippen LogP contribution in [0.4, 0.5) is 5.69 Å². The molecule has 8 heteroatoms. The molecular formula is C28H30Cl2N4O2. The second kappa shape index (κ2) is 11.0. The summed E-state index contributed by atoms with van der Waals surface area (Å²) >= 11 is 12.1. The molecule has 1 fully saturated rings. The summed E-state index contributed by atoms with van der Waals surface area (Å²) in [6, 6.07) is 15.5. The zero-order valence-electron chi connectivity index (χ0n) is 20.2. The van der Waals surface area contributed by atoms with Crippen LogP contribution < -0.4 is 15.0 Å². The van der Waals surface area contributed by atoms with Crippen molar-refractivity contribution in [2.45, 2.75) is 50.9 Å². The third-order valence-corrected chi connectivity index (χ3v) is 7.37. The molecule has 2 unspecified atom stereocenters. The van der Waals surface area contributed by atoms with Crippen molar-refractivity contribution < 1.29 is 9.53 Å². The van der Waals surface area contributed by atoms with Crippen LogP contribution >= 0.6 is 23.2 Å². The number of hydrogen-bond donors (Lipinski definition) is 1. The van der Waals surface area contributed by atoms with Crippen LogP contribution in [0, 0.1) is 0 Å². The van der Waals surface area contributed by atoms with E-state index in [1.165, 1.54) is 5.69 Å². The molecule has 0 bridgehead atoms. The Labute approximate surface area is 222 Å². The summed E-state index contributed by atoms with van der Waals surface area (Å²) in [5, 5.41) is 4.41. The molecule has 2 aromatic carbocycles. The van der Waals surface area contributed by atoms with E-state index in [0.717, 1.165) is 49.5 Å². The summed E-state index contributed by atoms with van der Waals surface area (Å²) in [5.74, 6) is 1.62. The Hall–Kier alpha value is -2.96. The molecule has 188 valence electrons. The first-order chi connectivity index (χ1) is 17.5. The zero-order chi connectivity index (χ0) is 25.1. The predicted octanol–water partition coefficient (Wildman–Crippen LogP) is 5.52. The van der Waals surface area contributed by atoms with Gasteiger partial charge in [-0.2, -0.15) is 0 Å². The molecule has 36 heavy (non-hydrogen) atoms. The Kier molecular flexibility index (Phi) is 7.54. The van der Waals surface area contributed by atoms with Crippen LogP contribution in [0.25, 0.3) is 0 Å². The molecule has 1 saturated heterocycles. The van der Waals surface area contributed by atoms with E-state index in [1.807, 2.05) is 42.2 Å². The number of hydrogen-bond acceptors (Lipinski definition) is 5. The molecular weight excluding hydrogens is 495 g/mol. The van der Waals surface area contributed by atoms with Crippen molar-refractivity contribution in [2.75, 3.05) is 18.0 Å². The summed E-state index contributed by atoms with van der Waals surface area (Å²) in [7, 11) is 0. The fourth-order valence-electron chi connectivity index (χ4n) is 4.91. The highest BCUT2D eigenvalue weighted by atomic mass is 35.5. The highest BCUT2D eigenvalue weighted by molar-refractivity contribution is 6.32. The van der Waals surface area contributed by atoms with Crippen molar-refractivity contribution in [3.63, 3.8) is 0 Å². The molecule has 6 nitrogen and oxygen atoms in total. The van der Waals surface area contributed by atoms with Crippen LogP contribution in [0.15, 0.2) is 76.9 Å². The standard InChI is InChI=1S/C28H30Cl2N4O2/c1-2-25-27(34-18-21(30)7-12-26(34)32-25)28(35)31-17-19-3-8-22(9-4-19)33-15-13-24(14-16-33)36-23-10-5-20(29)6-11-23/h3-12,18,24-25,27H,2,13-17H2,1H3,(H,31,35). The van der Waals surface area contributed by atoms with Crippen molar-refractivity contribution in [2.24, 2.45) is 4.99 Å². The van der Waals surface area contributed by atoms with Crippen LogP contribution in [-0.4, -0.2) is 47.9 Å². The molecule has 5 rings (SSSR count). The van der Waals surface area contributed by atoms with E-state index in [1.54, 1.807) is 12.3 Å². The number of carbonyl (C=O) groups is 1. The first kappa shape index (κ1) is 24.7. The van der Waals surface area contributed by atoms with Gasteiger partial charge in [-0.15, -0.1) is 0 Å². The SMILES string of the molecule is CCC1N=C2C=CC(Cl)=CN2C1C(=O)NCc1ccc(N2CCC(Oc3ccc(Cl)cc3)CC2)cc1. The molecule has 0 radical (unpaired) electrons. The molecule has 3 heterocycles. The van der Waals surface area contributed by atoms with Gasteiger partial charge in [0.15, 0.2) is 0 Å². The van der Waals surface area contributed by atoms with Crippen molar-refractivity contribution in [3.8, 4) is 5.75 Å². The average molecular weight is 525 g/mol. The number of anilines is 1. The topological polar surface area (TPSA) is 57.2 Å². The number of ether oxygens (including phenoxy) is 1. The molecule has 1 amide bonds. The van der Waals surface area contributed by atoms with Gasteiger partial charge in [0.25, 0.3) is 0 Å². The number of carbonyl (C=O) groups excluding carboxylic acids is 1. The van der Waals surface area contributed by atoms with E-state index in [4.69, 9.17) is 27.9 Å². The van der Waals surface area contributed by atoms with Crippen LogP contribution in [0.3, 0.4) is 0 Å². The largest absolute Gasteiger partial charge is 0.490 e. The smallest absolute Gasteiger partial charge is 0.245 e. The number of amides is 1. The van der Waals surface area contributed by atoms with Crippen molar-refractivity contribution >= 4 is 40.6 Å². The highest BCUT2D eigenvalue weighted by Gasteiger charge is 2.39. The zero-order valence-corrected chi connectivity index (χ0v) is 21.8. The molecule has 2 aromatic rings. The second-order valence-corrected chi connectivity index (χ2v) is 10.2. The molecule has 0 saturated carbocycles. The Morgan fingerprint density at radius 3 is 2.47 bits per heavy atom. The maximum absolute atomic E-state index is 13.1. The van der Waals surface area contributed by atoms with Crippen molar-refractivity contribution in [1.29, 1.82) is 0 Å². The quantitative estimate of drug-likeness (QED) is 0.518. The van der Waals surface area contributed by atoms with E-state index in [9.17, 15) is 4.79 Å². The van der Waals surface area contributed by atoms with E-state index in [2.05, 4.69) is 39.5 Å². The van der Waals surface area contributed by atoms with Gasteiger partial charge < -0.3 is 19.9 Å². The lowest BCUT2D eigenvalue weighted by molar-refractivity contribution is -0.124. The maximum atomic E-state index is 13.1. The fourth-order valence-corrected chi connectivity index (χ4v) is 5.21. The fraction of sp³-hybridized carbons (Fsp3) is 0.357. The van der Waals surface area contributed by atoms with Gasteiger partial charge in [0.05, 0.1) is 11.1 Å². The first-order valence-electron chi connectivity index (χ1n) is 12.5. The second-order valence-electron chi connectivity index (χ2n) is 9.30. The lowest BCUT2D eigenvalue weighted by Gasteiger charge is -2.33. The minimum Gasteiger partial charge on any atom is -0.490 e. The average Bonchev–Trinajstić information content (AvgIpc) is 3.27. The van der Waals surface area contributed by atoms with Gasteiger partial charge in [0, 0.05) is 49.4 Å². The van der Waals surface area contributed by atoms with Crippen molar-refractivity contribution in [1.82, 2.24) is 10.2 Å². The number of nitrogens with zero attached hydrogens (tertiary/aromatic N) is 3. The monoisotopic (exact) mass is 524 g/mol. The van der Waals surface area contributed by atoms with Crippen LogP contribution in [0.1, 0.15) is 31.7 Å². The molecule has 1 N–H and O–H groups in total. The lowest BCUT2D eigenvalue weighted by atomic mass is 10.0. The number of amidine groups is 1. The summed E-state index contributed by atoms with van der Waals surface area (Å²) in [5.41, 5.74) is 2.25. The Morgan fingerprint density at radius 2 is 1.78 bits per heavy atom. The third-order valence-electron chi connectivity index (χ3n) is 6.89. The van der Waals surface area contributed by atoms with E-state index in [-0.39, 0.29) is 24.1 Å². The van der Waals surface area contributed by atoms with Gasteiger partial charge in [0.1, 0.15) is 23.7 Å². The summed E-state index contributed by atoms with van der Waals surface area (Å²) in [6.07, 6.45) is 8.39. The number of rotatable bonds is 7. The number of fused-ring (bicyclic) bond motifs is 1. The van der Waals surface area contributed by atoms with Crippen molar-refractivity contribution in [3.05, 3.63) is 82.5 Å². The molecule has 3 aliphatic heterocycles. The molecule has 0 aliphatic carbocycles. The number of nitrogens with one attached hydrogen (secondary N) is 1. The van der Waals surface area contributed by atoms with E-state index >= 15 is 0 Å². The van der Waals surface area contributed by atoms with Gasteiger partial charge in [-0.1, -0.05) is 42.3 Å². The number of allylic oxidation sites excluding steroid dienone is 2. The molecule has 0 aromatic heterocycles. The van der Waals surface area contributed by atoms with Gasteiger partial charge >= 0.3 is 0 Å². The summed E-state index contributed by atoms with van der Waals surface area (Å²) in [6.45, 7) is 4.40. The van der Waals surface area contributed by atoms with Crippen LogP contribution in [-0.2, 0) is 11.3 Å². The molecule has 0 spiro atoms. The highest BCUT2D eigenvalue weighted by Crippen LogP contribution is 2.27. The number of halogens is 2. The summed E-state index contributed by atoms with van der Waals surface area (Å²) in [4.78, 5) is 22.0. The van der Waals surface area contributed by atoms with Gasteiger partial charge in [0.2, 0.25) is 5.91 Å². The molecule has 3 aliphatic rings. The number of aliphatic imine (C=N–C) groups is 1. The Morgan fingerprint density at radius 1 is 1.06 bits per heavy atom. The number of benzene rings is 2. The minimum absolute atomic E-state index is 0.0385. The first-order valence-corrected chi connectivity index (χ1v) is 13.2. The van der Waals surface area contributed by atoms with E-state index < -0.39 is 0 Å². The van der Waals surface area contributed by atoms with Gasteiger partial charge in [-0.3, -0.25) is 9.79 Å². The Bertz CT molecular complexity index is 1170. The third kappa shape index (κ3) is 5.55. The number of piperidine rings is 1. The Balaban J connectivity index is 1.12. The lowest BCUT2D eigenvalue weighted by Crippen LogP contribution is -2.48. The van der Waals surface area contributed by atoms with Gasteiger partial charge in [-0.05, 0) is 60.5 Å². The van der Waals surface area contributed by atoms with Crippen LogP contribution in [0.5, 0.6) is 5.75 Å². The van der Waals surface area contributed by atoms with Crippen LogP contribution in [0.2, 0.25) is 5.02 Å². The minimum atomic E-state index is -0.376. The van der Waals surface area contributed by atoms with E-state index in [0.29, 0.717) is 16.6 Å². The molecule has 2 atom stereocenters. The maximum Gasteiger partial charge on any atom is 0.245 e. The van der Waals surface area contributed by atoms with Gasteiger partial charge in [-0.25, -0.2) is 0 Å². The normalized spacial score (nSPS) is 21.6.